The molecule has 2 N–H and O–H groups in total. The molecule has 1 aliphatic carbocycles. The van der Waals surface area contributed by atoms with Gasteiger partial charge >= 0.3 is 0 Å². The normalized spacial score (nSPS) is 15.3. The Bertz CT molecular complexity index is 324. The molecule has 0 aromatic heterocycles. The summed E-state index contributed by atoms with van der Waals surface area (Å²) in [6.45, 7) is 8.71. The lowest BCUT2D eigenvalue weighted by molar-refractivity contribution is 0.504. The summed E-state index contributed by atoms with van der Waals surface area (Å²) in [5, 5.41) is 0. The van der Waals surface area contributed by atoms with Crippen LogP contribution in [0.3, 0.4) is 0 Å². The quantitative estimate of drug-likeness (QED) is 0.663. The van der Waals surface area contributed by atoms with Gasteiger partial charge in [-0.2, -0.15) is 0 Å². The molecule has 1 fully saturated rings. The minimum atomic E-state index is 0.513. The van der Waals surface area contributed by atoms with Crippen LogP contribution in [-0.2, 0) is 0 Å². The topological polar surface area (TPSA) is 26.0 Å². The van der Waals surface area contributed by atoms with E-state index >= 15 is 0 Å². The van der Waals surface area contributed by atoms with E-state index in [4.69, 9.17) is 5.73 Å². The highest BCUT2D eigenvalue weighted by atomic mass is 14.6. The van der Waals surface area contributed by atoms with Gasteiger partial charge in [-0.3, -0.25) is 0 Å². The number of rotatable bonds is 2. The Kier molecular flexibility index (Phi) is 6.97. The summed E-state index contributed by atoms with van der Waals surface area (Å²) in [5.41, 5.74) is 9.60. The third-order valence-electron chi connectivity index (χ3n) is 3.92. The fourth-order valence-electron chi connectivity index (χ4n) is 2.67. The number of hydrogen-bond acceptors (Lipinski definition) is 1. The fourth-order valence-corrected chi connectivity index (χ4v) is 2.67. The molecule has 1 heteroatoms. The first-order valence-corrected chi connectivity index (χ1v) is 7.92. The number of anilines is 1. The third-order valence-corrected chi connectivity index (χ3v) is 3.92. The summed E-state index contributed by atoms with van der Waals surface area (Å²) in [6, 6.07) is 6.33. The van der Waals surface area contributed by atoms with Gasteiger partial charge in [0, 0.05) is 5.69 Å². The molecule has 0 radical (unpaired) electrons. The lowest BCUT2D eigenvalue weighted by atomic mass is 9.93. The summed E-state index contributed by atoms with van der Waals surface area (Å²) in [5.74, 6) is 1.03. The molecular formula is C18H31N. The predicted octanol–water partition coefficient (Wildman–Crippen LogP) is 5.86. The van der Waals surface area contributed by atoms with E-state index in [9.17, 15) is 0 Å². The Labute approximate surface area is 119 Å². The van der Waals surface area contributed by atoms with Gasteiger partial charge in [-0.1, -0.05) is 84.4 Å². The maximum absolute atomic E-state index is 6.09. The van der Waals surface area contributed by atoms with Crippen molar-refractivity contribution in [3.8, 4) is 0 Å². The van der Waals surface area contributed by atoms with Gasteiger partial charge in [-0.05, 0) is 23.0 Å². The van der Waals surface area contributed by atoms with Crippen LogP contribution in [-0.4, -0.2) is 0 Å². The zero-order chi connectivity index (χ0) is 14.3. The van der Waals surface area contributed by atoms with E-state index in [0.29, 0.717) is 11.8 Å². The molecule has 1 aliphatic rings. The molecule has 0 amide bonds. The van der Waals surface area contributed by atoms with E-state index in [1.165, 1.54) is 49.7 Å². The van der Waals surface area contributed by atoms with Gasteiger partial charge in [0.05, 0.1) is 0 Å². The van der Waals surface area contributed by atoms with Crippen molar-refractivity contribution < 1.29 is 0 Å². The summed E-state index contributed by atoms with van der Waals surface area (Å²) < 4.78 is 0. The zero-order valence-electron chi connectivity index (χ0n) is 13.2. The third kappa shape index (κ3) is 5.26. The fraction of sp³-hybridized carbons (Fsp3) is 0.667. The van der Waals surface area contributed by atoms with Crippen LogP contribution in [0.2, 0.25) is 0 Å². The molecule has 108 valence electrons. The second kappa shape index (κ2) is 8.24. The van der Waals surface area contributed by atoms with E-state index < -0.39 is 0 Å². The van der Waals surface area contributed by atoms with Crippen LogP contribution in [0.15, 0.2) is 18.2 Å². The van der Waals surface area contributed by atoms with Gasteiger partial charge in [-0.25, -0.2) is 0 Å². The Hall–Kier alpha value is -0.980. The van der Waals surface area contributed by atoms with Crippen molar-refractivity contribution in [2.24, 2.45) is 0 Å². The minimum absolute atomic E-state index is 0.513. The largest absolute Gasteiger partial charge is 0.398 e. The number of para-hydroxylation sites is 1. The Morgan fingerprint density at radius 2 is 1.05 bits per heavy atom. The maximum atomic E-state index is 6.09. The maximum Gasteiger partial charge on any atom is 0.0384 e. The van der Waals surface area contributed by atoms with E-state index in [0.717, 1.165) is 5.69 Å². The first-order chi connectivity index (χ1) is 9.04. The Morgan fingerprint density at radius 3 is 1.32 bits per heavy atom. The highest BCUT2D eigenvalue weighted by Crippen LogP contribution is 2.29. The second-order valence-corrected chi connectivity index (χ2v) is 6.28. The van der Waals surface area contributed by atoms with Gasteiger partial charge in [0.1, 0.15) is 0 Å². The number of nitrogen functional groups attached to an aromatic ring is 1. The van der Waals surface area contributed by atoms with Crippen LogP contribution in [0.1, 0.15) is 89.2 Å². The van der Waals surface area contributed by atoms with Crippen molar-refractivity contribution in [2.45, 2.75) is 78.1 Å². The van der Waals surface area contributed by atoms with Crippen LogP contribution in [0, 0.1) is 0 Å². The van der Waals surface area contributed by atoms with E-state index in [2.05, 4.69) is 45.9 Å². The molecule has 0 atom stereocenters. The Balaban J connectivity index is 0.000000250. The van der Waals surface area contributed by atoms with Crippen LogP contribution >= 0.6 is 0 Å². The standard InChI is InChI=1S/C12H19N.C6H12/c1-8(2)10-6-5-7-11(9(3)4)12(10)13;1-2-4-6-5-3-1/h5-9H,13H2,1-4H3;1-6H2. The average molecular weight is 261 g/mol. The predicted molar refractivity (Wildman–Crippen MR) is 86.7 cm³/mol. The zero-order valence-corrected chi connectivity index (χ0v) is 13.2. The van der Waals surface area contributed by atoms with Crippen molar-refractivity contribution >= 4 is 5.69 Å². The van der Waals surface area contributed by atoms with Crippen LogP contribution in [0.25, 0.3) is 0 Å². The van der Waals surface area contributed by atoms with E-state index in [-0.39, 0.29) is 0 Å². The molecule has 0 spiro atoms. The lowest BCUT2D eigenvalue weighted by Crippen LogP contribution is -2.02. The van der Waals surface area contributed by atoms with Gasteiger partial charge in [0.2, 0.25) is 0 Å². The Morgan fingerprint density at radius 1 is 0.737 bits per heavy atom. The molecular weight excluding hydrogens is 230 g/mol. The molecule has 2 rings (SSSR count). The summed E-state index contributed by atoms with van der Waals surface area (Å²) in [6.07, 6.45) is 9.00. The van der Waals surface area contributed by atoms with E-state index in [1.807, 2.05) is 0 Å². The second-order valence-electron chi connectivity index (χ2n) is 6.28. The minimum Gasteiger partial charge on any atom is -0.398 e. The van der Waals surface area contributed by atoms with Crippen LogP contribution in [0.5, 0.6) is 0 Å². The number of hydrogen-bond donors (Lipinski definition) is 1. The van der Waals surface area contributed by atoms with Gasteiger partial charge in [0.25, 0.3) is 0 Å². The smallest absolute Gasteiger partial charge is 0.0384 e. The molecule has 0 saturated heterocycles. The van der Waals surface area contributed by atoms with Gasteiger partial charge in [-0.15, -0.1) is 0 Å². The summed E-state index contributed by atoms with van der Waals surface area (Å²) in [4.78, 5) is 0. The summed E-state index contributed by atoms with van der Waals surface area (Å²) >= 11 is 0. The number of nitrogens with two attached hydrogens (primary N) is 1. The molecule has 1 nitrogen and oxygen atoms in total. The van der Waals surface area contributed by atoms with Crippen molar-refractivity contribution in [1.82, 2.24) is 0 Å². The van der Waals surface area contributed by atoms with Crippen molar-refractivity contribution in [1.29, 1.82) is 0 Å². The van der Waals surface area contributed by atoms with Crippen molar-refractivity contribution in [2.75, 3.05) is 5.73 Å². The lowest BCUT2D eigenvalue weighted by Gasteiger charge is -2.15. The highest BCUT2D eigenvalue weighted by Gasteiger charge is 2.09. The van der Waals surface area contributed by atoms with Crippen LogP contribution in [0.4, 0.5) is 5.69 Å². The molecule has 0 unspecified atom stereocenters. The molecule has 1 aromatic rings. The number of benzene rings is 1. The summed E-state index contributed by atoms with van der Waals surface area (Å²) in [7, 11) is 0. The van der Waals surface area contributed by atoms with Crippen molar-refractivity contribution in [3.63, 3.8) is 0 Å². The molecule has 0 heterocycles. The average Bonchev–Trinajstić information content (AvgIpc) is 2.41. The van der Waals surface area contributed by atoms with Crippen molar-refractivity contribution in [3.05, 3.63) is 29.3 Å². The first-order valence-electron chi connectivity index (χ1n) is 7.92. The monoisotopic (exact) mass is 261 g/mol. The molecule has 0 aliphatic heterocycles. The molecule has 0 bridgehead atoms. The van der Waals surface area contributed by atoms with Crippen LogP contribution < -0.4 is 5.73 Å². The van der Waals surface area contributed by atoms with E-state index in [1.54, 1.807) is 0 Å². The van der Waals surface area contributed by atoms with Gasteiger partial charge < -0.3 is 5.73 Å². The SMILES string of the molecule is C1CCCCC1.CC(C)c1cccc(C(C)C)c1N. The van der Waals surface area contributed by atoms with Gasteiger partial charge in [0.15, 0.2) is 0 Å². The molecule has 1 saturated carbocycles. The molecule has 1 aromatic carbocycles. The first kappa shape index (κ1) is 16.1. The highest BCUT2D eigenvalue weighted by molar-refractivity contribution is 5.56. The molecule has 19 heavy (non-hydrogen) atoms.